The highest BCUT2D eigenvalue weighted by Crippen LogP contribution is 2.46. The highest BCUT2D eigenvalue weighted by Gasteiger charge is 2.31. The van der Waals surface area contributed by atoms with Crippen LogP contribution in [0.3, 0.4) is 0 Å². The van der Waals surface area contributed by atoms with Gasteiger partial charge in [0.15, 0.2) is 0 Å². The molecule has 2 aromatic carbocycles. The van der Waals surface area contributed by atoms with E-state index in [-0.39, 0.29) is 23.8 Å². The monoisotopic (exact) mass is 437 g/mol. The normalized spacial score (nSPS) is 16.0. The second-order valence-corrected chi connectivity index (χ2v) is 8.56. The van der Waals surface area contributed by atoms with E-state index in [0.29, 0.717) is 12.0 Å². The van der Waals surface area contributed by atoms with Crippen molar-refractivity contribution in [2.24, 2.45) is 7.05 Å². The zero-order chi connectivity index (χ0) is 22.0. The van der Waals surface area contributed by atoms with Crippen molar-refractivity contribution in [2.75, 3.05) is 17.3 Å². The first kappa shape index (κ1) is 21.2. The van der Waals surface area contributed by atoms with E-state index >= 15 is 0 Å². The van der Waals surface area contributed by atoms with Gasteiger partial charge in [-0.05, 0) is 48.4 Å². The topological polar surface area (TPSA) is 47.4 Å². The van der Waals surface area contributed by atoms with Crippen LogP contribution in [0.25, 0.3) is 0 Å². The van der Waals surface area contributed by atoms with Gasteiger partial charge in [-0.1, -0.05) is 18.7 Å². The van der Waals surface area contributed by atoms with Gasteiger partial charge in [-0.3, -0.25) is 0 Å². The van der Waals surface area contributed by atoms with Crippen molar-refractivity contribution in [1.29, 1.82) is 0 Å². The number of benzene rings is 2. The molecule has 2 heterocycles. The van der Waals surface area contributed by atoms with Crippen LogP contribution in [0.15, 0.2) is 67.1 Å². The minimum atomic E-state index is -0.353. The third-order valence-corrected chi connectivity index (χ3v) is 6.61. The van der Waals surface area contributed by atoms with Gasteiger partial charge >= 0.3 is 5.97 Å². The Balaban J connectivity index is 1.48. The number of anilines is 1. The number of carbonyl (C=O) groups excluding carboxylic acids is 1. The maximum absolute atomic E-state index is 13.4. The molecule has 3 aromatic rings. The first-order chi connectivity index (χ1) is 14.9. The van der Waals surface area contributed by atoms with Crippen molar-refractivity contribution in [3.8, 4) is 0 Å². The summed E-state index contributed by atoms with van der Waals surface area (Å²) in [5.41, 5.74) is 4.44. The van der Waals surface area contributed by atoms with E-state index in [2.05, 4.69) is 16.5 Å². The van der Waals surface area contributed by atoms with Gasteiger partial charge in [0.05, 0.1) is 12.2 Å². The average molecular weight is 438 g/mol. The fourth-order valence-electron chi connectivity index (χ4n) is 3.66. The van der Waals surface area contributed by atoms with Crippen LogP contribution in [-0.2, 0) is 18.2 Å². The molecule has 5 nitrogen and oxygen atoms in total. The minimum Gasteiger partial charge on any atom is -0.462 e. The van der Waals surface area contributed by atoms with E-state index in [1.165, 1.54) is 12.1 Å². The third-order valence-electron chi connectivity index (χ3n) is 5.31. The summed E-state index contributed by atoms with van der Waals surface area (Å²) < 4.78 is 20.7. The molecule has 160 valence electrons. The molecule has 0 N–H and O–H groups in total. The molecule has 1 aliphatic heterocycles. The predicted octanol–water partition coefficient (Wildman–Crippen LogP) is 5.03. The molecule has 1 fully saturated rings. The highest BCUT2D eigenvalue weighted by atomic mass is 32.2. The summed E-state index contributed by atoms with van der Waals surface area (Å²) in [6, 6.07) is 12.1. The molecule has 0 radical (unpaired) electrons. The summed E-state index contributed by atoms with van der Waals surface area (Å²) in [7, 11) is 1.91. The van der Waals surface area contributed by atoms with Gasteiger partial charge in [0.1, 0.15) is 17.0 Å². The first-order valence-electron chi connectivity index (χ1n) is 10.0. The lowest BCUT2D eigenvalue weighted by molar-refractivity contribution is 0.0507. The number of aromatic nitrogens is 2. The quantitative estimate of drug-likeness (QED) is 0.506. The smallest absolute Gasteiger partial charge is 0.338 e. The second-order valence-electron chi connectivity index (χ2n) is 7.49. The van der Waals surface area contributed by atoms with E-state index in [1.54, 1.807) is 36.2 Å². The Labute approximate surface area is 185 Å². The number of ether oxygens (including phenoxy) is 1. The number of hydrogen-bond donors (Lipinski definition) is 0. The maximum atomic E-state index is 13.4. The van der Waals surface area contributed by atoms with Gasteiger partial charge < -0.3 is 14.2 Å². The molecule has 0 saturated carbocycles. The van der Waals surface area contributed by atoms with E-state index in [1.807, 2.05) is 36.9 Å². The molecule has 0 aliphatic carbocycles. The average Bonchev–Trinajstić information content (AvgIpc) is 3.34. The summed E-state index contributed by atoms with van der Waals surface area (Å²) in [6.07, 6.45) is 4.16. The van der Waals surface area contributed by atoms with Crippen LogP contribution < -0.4 is 4.90 Å². The van der Waals surface area contributed by atoms with Crippen molar-refractivity contribution in [1.82, 2.24) is 9.55 Å². The fraction of sp³-hybridized carbons (Fsp3) is 0.250. The molecule has 7 heteroatoms. The number of rotatable bonds is 6. The minimum absolute atomic E-state index is 0.0161. The van der Waals surface area contributed by atoms with Crippen LogP contribution >= 0.6 is 11.8 Å². The second kappa shape index (κ2) is 8.98. The first-order valence-corrected chi connectivity index (χ1v) is 11.1. The van der Waals surface area contributed by atoms with Gasteiger partial charge in [-0.25, -0.2) is 14.2 Å². The Morgan fingerprint density at radius 1 is 1.29 bits per heavy atom. The zero-order valence-electron chi connectivity index (χ0n) is 17.5. The Morgan fingerprint density at radius 3 is 2.74 bits per heavy atom. The molecule has 1 aromatic heterocycles. The molecule has 0 amide bonds. The SMILES string of the molecule is C=C1CSC(c2ccc(F)cc2)N1c1ccc(C(=O)OCCc2nccn2C)cc1C. The number of halogens is 1. The maximum Gasteiger partial charge on any atom is 0.338 e. The Hall–Kier alpha value is -3.06. The number of thioether (sulfide) groups is 1. The Bertz CT molecular complexity index is 1110. The zero-order valence-corrected chi connectivity index (χ0v) is 18.4. The summed E-state index contributed by atoms with van der Waals surface area (Å²) in [5, 5.41) is 0.0161. The predicted molar refractivity (Wildman–Crippen MR) is 122 cm³/mol. The van der Waals surface area contributed by atoms with Gasteiger partial charge in [0, 0.05) is 43.0 Å². The number of hydrogen-bond acceptors (Lipinski definition) is 5. The van der Waals surface area contributed by atoms with Gasteiger partial charge in [-0.2, -0.15) is 0 Å². The molecule has 1 saturated heterocycles. The summed E-state index contributed by atoms with van der Waals surface area (Å²) in [5.74, 6) is 1.06. The van der Waals surface area contributed by atoms with Crippen LogP contribution in [-0.4, -0.2) is 27.9 Å². The van der Waals surface area contributed by atoms with Crippen LogP contribution in [0.2, 0.25) is 0 Å². The lowest BCUT2D eigenvalue weighted by Crippen LogP contribution is -2.21. The van der Waals surface area contributed by atoms with Crippen LogP contribution in [0, 0.1) is 12.7 Å². The molecule has 0 spiro atoms. The van der Waals surface area contributed by atoms with E-state index in [4.69, 9.17) is 4.74 Å². The standard InChI is InChI=1S/C24H24FN3O2S/c1-16-14-19(24(29)30-13-10-22-26-11-12-27(22)3)6-9-21(16)28-17(2)15-31-23(28)18-4-7-20(25)8-5-18/h4-9,11-12,14,23H,2,10,13,15H2,1,3H3. The van der Waals surface area contributed by atoms with Crippen molar-refractivity contribution in [3.05, 3.63) is 95.5 Å². The van der Waals surface area contributed by atoms with Crippen molar-refractivity contribution in [3.63, 3.8) is 0 Å². The lowest BCUT2D eigenvalue weighted by atomic mass is 10.1. The molecular weight excluding hydrogens is 413 g/mol. The van der Waals surface area contributed by atoms with Gasteiger partial charge in [0.25, 0.3) is 0 Å². The Kier molecular flexibility index (Phi) is 6.13. The molecule has 0 bridgehead atoms. The number of esters is 1. The molecule has 4 rings (SSSR count). The van der Waals surface area contributed by atoms with E-state index in [9.17, 15) is 9.18 Å². The van der Waals surface area contributed by atoms with E-state index < -0.39 is 0 Å². The molecule has 1 aliphatic rings. The summed E-state index contributed by atoms with van der Waals surface area (Å²) in [6.45, 7) is 6.45. The van der Waals surface area contributed by atoms with Crippen molar-refractivity contribution < 1.29 is 13.9 Å². The number of carbonyl (C=O) groups is 1. The van der Waals surface area contributed by atoms with Crippen LogP contribution in [0.4, 0.5) is 10.1 Å². The largest absolute Gasteiger partial charge is 0.462 e. The summed E-state index contributed by atoms with van der Waals surface area (Å²) >= 11 is 1.75. The molecule has 1 unspecified atom stereocenters. The lowest BCUT2D eigenvalue weighted by Gasteiger charge is -2.28. The summed E-state index contributed by atoms with van der Waals surface area (Å²) in [4.78, 5) is 18.9. The Morgan fingerprint density at radius 2 is 2.06 bits per heavy atom. The molecular formula is C24H24FN3O2S. The number of imidazole rings is 1. The molecule has 1 atom stereocenters. The van der Waals surface area contributed by atoms with Crippen molar-refractivity contribution >= 4 is 23.4 Å². The van der Waals surface area contributed by atoms with Gasteiger partial charge in [-0.15, -0.1) is 11.8 Å². The van der Waals surface area contributed by atoms with Crippen molar-refractivity contribution in [2.45, 2.75) is 18.7 Å². The van der Waals surface area contributed by atoms with Crippen LogP contribution in [0.1, 0.15) is 32.7 Å². The third kappa shape index (κ3) is 4.51. The number of nitrogens with zero attached hydrogens (tertiary/aromatic N) is 3. The van der Waals surface area contributed by atoms with E-state index in [0.717, 1.165) is 34.1 Å². The highest BCUT2D eigenvalue weighted by molar-refractivity contribution is 8.00. The number of aryl methyl sites for hydroxylation is 2. The fourth-order valence-corrected chi connectivity index (χ4v) is 4.91. The van der Waals surface area contributed by atoms with Crippen LogP contribution in [0.5, 0.6) is 0 Å². The molecule has 31 heavy (non-hydrogen) atoms. The van der Waals surface area contributed by atoms with Gasteiger partial charge in [0.2, 0.25) is 0 Å².